The van der Waals surface area contributed by atoms with Crippen LogP contribution >= 0.6 is 0 Å². The smallest absolute Gasteiger partial charge is 0.335 e. The van der Waals surface area contributed by atoms with E-state index in [0.29, 0.717) is 5.41 Å². The molecule has 0 N–H and O–H groups in total. The molecular weight excluding hydrogens is 300 g/mol. The normalized spacial score (nSPS) is 19.3. The van der Waals surface area contributed by atoms with Gasteiger partial charge in [0.15, 0.2) is 0 Å². The van der Waals surface area contributed by atoms with Crippen LogP contribution in [0.5, 0.6) is 0 Å². The first kappa shape index (κ1) is 20.7. The highest BCUT2D eigenvalue weighted by atomic mass is 28.4. The maximum atomic E-state index is 5.95. The topological polar surface area (TPSA) is 18.5 Å². The minimum Gasteiger partial charge on any atom is -0.395 e. The van der Waals surface area contributed by atoms with Crippen LogP contribution in [0.3, 0.4) is 0 Å². The Hall–Kier alpha value is -0.383. The third-order valence-corrected chi connectivity index (χ3v) is 8.17. The number of allylic oxidation sites excluding steroid dienone is 4. The van der Waals surface area contributed by atoms with E-state index >= 15 is 0 Å². The Bertz CT molecular complexity index is 429. The van der Waals surface area contributed by atoms with Crippen molar-refractivity contribution in [1.82, 2.24) is 0 Å². The van der Waals surface area contributed by atoms with Crippen molar-refractivity contribution in [3.05, 3.63) is 22.8 Å². The van der Waals surface area contributed by atoms with Crippen molar-refractivity contribution < 1.29 is 8.85 Å². The first-order valence-corrected chi connectivity index (χ1v) is 11.9. The molecule has 1 aliphatic rings. The van der Waals surface area contributed by atoms with E-state index < -0.39 is 8.56 Å². The second-order valence-corrected chi connectivity index (χ2v) is 11.1. The first-order chi connectivity index (χ1) is 10.7. The summed E-state index contributed by atoms with van der Waals surface area (Å²) >= 11 is 0. The third kappa shape index (κ3) is 6.56. The van der Waals surface area contributed by atoms with Crippen molar-refractivity contribution in [1.29, 1.82) is 0 Å². The standard InChI is InChI=1S/C20H38O2Si/c1-8-21-23(7,22-9-2)16-14-17(3)12-13-19-18(4)11-10-15-20(19,5)6/h12H,8-11,13-16H2,1-7H3/b17-12+. The van der Waals surface area contributed by atoms with Crippen LogP contribution in [-0.4, -0.2) is 21.8 Å². The zero-order valence-corrected chi connectivity index (χ0v) is 17.6. The second kappa shape index (κ2) is 9.19. The molecule has 2 nitrogen and oxygen atoms in total. The lowest BCUT2D eigenvalue weighted by Gasteiger charge is -2.34. The number of hydrogen-bond acceptors (Lipinski definition) is 2. The second-order valence-electron chi connectivity index (χ2n) is 7.75. The molecule has 0 unspecified atom stereocenters. The SMILES string of the molecule is CCO[Si](C)(CC/C(C)=C/CC1=C(C)CCCC1(C)C)OCC. The molecule has 134 valence electrons. The van der Waals surface area contributed by atoms with Crippen LogP contribution in [0.1, 0.15) is 73.6 Å². The lowest BCUT2D eigenvalue weighted by molar-refractivity contribution is 0.189. The monoisotopic (exact) mass is 338 g/mol. The molecule has 0 heterocycles. The Morgan fingerprint density at radius 3 is 2.35 bits per heavy atom. The average Bonchev–Trinajstić information content (AvgIpc) is 2.44. The van der Waals surface area contributed by atoms with Gasteiger partial charge in [0.05, 0.1) is 0 Å². The van der Waals surface area contributed by atoms with Crippen molar-refractivity contribution in [2.24, 2.45) is 5.41 Å². The van der Waals surface area contributed by atoms with Crippen LogP contribution in [-0.2, 0) is 8.85 Å². The molecule has 0 amide bonds. The highest BCUT2D eigenvalue weighted by molar-refractivity contribution is 6.66. The van der Waals surface area contributed by atoms with Gasteiger partial charge in [-0.25, -0.2) is 0 Å². The quantitative estimate of drug-likeness (QED) is 0.358. The lowest BCUT2D eigenvalue weighted by Crippen LogP contribution is -2.38. The summed E-state index contributed by atoms with van der Waals surface area (Å²) in [4.78, 5) is 0. The zero-order chi connectivity index (χ0) is 17.5. The van der Waals surface area contributed by atoms with Crippen LogP contribution in [0.25, 0.3) is 0 Å². The molecule has 0 spiro atoms. The van der Waals surface area contributed by atoms with Crippen LogP contribution < -0.4 is 0 Å². The molecule has 3 heteroatoms. The molecule has 0 bridgehead atoms. The Kier molecular flexibility index (Phi) is 8.26. The van der Waals surface area contributed by atoms with E-state index in [-0.39, 0.29) is 0 Å². The fourth-order valence-corrected chi connectivity index (χ4v) is 6.17. The van der Waals surface area contributed by atoms with Gasteiger partial charge in [0.25, 0.3) is 0 Å². The molecule has 0 saturated heterocycles. The van der Waals surface area contributed by atoms with Gasteiger partial charge < -0.3 is 8.85 Å². The van der Waals surface area contributed by atoms with Gasteiger partial charge in [-0.1, -0.05) is 36.6 Å². The van der Waals surface area contributed by atoms with E-state index in [9.17, 15) is 0 Å². The van der Waals surface area contributed by atoms with E-state index in [1.165, 1.54) is 24.8 Å². The lowest BCUT2D eigenvalue weighted by atomic mass is 9.71. The first-order valence-electron chi connectivity index (χ1n) is 9.36. The summed E-state index contributed by atoms with van der Waals surface area (Å²) in [6.07, 6.45) is 8.61. The van der Waals surface area contributed by atoms with E-state index in [2.05, 4.69) is 54.2 Å². The van der Waals surface area contributed by atoms with Gasteiger partial charge in [-0.2, -0.15) is 0 Å². The molecule has 23 heavy (non-hydrogen) atoms. The molecule has 0 saturated carbocycles. The summed E-state index contributed by atoms with van der Waals surface area (Å²) in [6.45, 7) is 17.2. The molecule has 0 aliphatic heterocycles. The maximum absolute atomic E-state index is 5.95. The molecule has 0 aromatic heterocycles. The van der Waals surface area contributed by atoms with Gasteiger partial charge in [0.2, 0.25) is 0 Å². The minimum atomic E-state index is -1.98. The molecule has 0 aromatic carbocycles. The van der Waals surface area contributed by atoms with Crippen LogP contribution in [0.2, 0.25) is 12.6 Å². The van der Waals surface area contributed by atoms with E-state index in [1.807, 2.05) is 0 Å². The van der Waals surface area contributed by atoms with Gasteiger partial charge in [0, 0.05) is 13.2 Å². The fraction of sp³-hybridized carbons (Fsp3) is 0.800. The molecule has 0 fully saturated rings. The van der Waals surface area contributed by atoms with Crippen LogP contribution in [0, 0.1) is 5.41 Å². The van der Waals surface area contributed by atoms with E-state index in [4.69, 9.17) is 8.85 Å². The predicted octanol–water partition coefficient (Wildman–Crippen LogP) is 6.38. The predicted molar refractivity (Wildman–Crippen MR) is 103 cm³/mol. The van der Waals surface area contributed by atoms with Crippen LogP contribution in [0.4, 0.5) is 0 Å². The Morgan fingerprint density at radius 1 is 1.22 bits per heavy atom. The minimum absolute atomic E-state index is 0.374. The Labute approximate surface area is 145 Å². The Balaban J connectivity index is 2.63. The van der Waals surface area contributed by atoms with Gasteiger partial charge >= 0.3 is 8.56 Å². The Morgan fingerprint density at radius 2 is 1.83 bits per heavy atom. The molecular formula is C20H38O2Si. The van der Waals surface area contributed by atoms with Gasteiger partial charge in [-0.15, -0.1) is 0 Å². The maximum Gasteiger partial charge on any atom is 0.335 e. The molecule has 0 radical (unpaired) electrons. The summed E-state index contributed by atoms with van der Waals surface area (Å²) in [6, 6.07) is 1.05. The average molecular weight is 339 g/mol. The van der Waals surface area contributed by atoms with Crippen molar-refractivity contribution >= 4 is 8.56 Å². The highest BCUT2D eigenvalue weighted by Gasteiger charge is 2.30. The van der Waals surface area contributed by atoms with E-state index in [1.54, 1.807) is 11.1 Å². The summed E-state index contributed by atoms with van der Waals surface area (Å²) < 4.78 is 11.9. The number of rotatable bonds is 9. The molecule has 1 rings (SSSR count). The summed E-state index contributed by atoms with van der Waals surface area (Å²) in [7, 11) is -1.98. The van der Waals surface area contributed by atoms with E-state index in [0.717, 1.165) is 32.1 Å². The van der Waals surface area contributed by atoms with Gasteiger partial charge in [-0.05, 0) is 77.8 Å². The van der Waals surface area contributed by atoms with Crippen molar-refractivity contribution in [3.8, 4) is 0 Å². The largest absolute Gasteiger partial charge is 0.395 e. The van der Waals surface area contributed by atoms with Gasteiger partial charge in [0.1, 0.15) is 0 Å². The van der Waals surface area contributed by atoms with Crippen molar-refractivity contribution in [2.75, 3.05) is 13.2 Å². The zero-order valence-electron chi connectivity index (χ0n) is 16.6. The number of hydrogen-bond donors (Lipinski definition) is 0. The summed E-state index contributed by atoms with van der Waals surface area (Å²) in [5.41, 5.74) is 5.13. The highest BCUT2D eigenvalue weighted by Crippen LogP contribution is 2.42. The van der Waals surface area contributed by atoms with Crippen LogP contribution in [0.15, 0.2) is 22.8 Å². The summed E-state index contributed by atoms with van der Waals surface area (Å²) in [5.74, 6) is 0. The van der Waals surface area contributed by atoms with Crippen molar-refractivity contribution in [2.45, 2.75) is 86.2 Å². The van der Waals surface area contributed by atoms with Gasteiger partial charge in [-0.3, -0.25) is 0 Å². The van der Waals surface area contributed by atoms with Crippen molar-refractivity contribution in [3.63, 3.8) is 0 Å². The molecule has 0 aromatic rings. The fourth-order valence-electron chi connectivity index (χ4n) is 3.72. The molecule has 0 atom stereocenters. The molecule has 1 aliphatic carbocycles. The third-order valence-electron chi connectivity index (χ3n) is 5.21. The summed E-state index contributed by atoms with van der Waals surface area (Å²) in [5, 5.41) is 0.